The van der Waals surface area contributed by atoms with Crippen LogP contribution in [0.5, 0.6) is 0 Å². The van der Waals surface area contributed by atoms with Crippen LogP contribution in [-0.2, 0) is 0 Å². The Labute approximate surface area is 97.6 Å². The van der Waals surface area contributed by atoms with E-state index in [-0.39, 0.29) is 0 Å². The molecule has 0 aromatic heterocycles. The molecule has 0 aliphatic heterocycles. The van der Waals surface area contributed by atoms with Crippen molar-refractivity contribution in [2.24, 2.45) is 5.92 Å². The lowest BCUT2D eigenvalue weighted by Crippen LogP contribution is -2.20. The van der Waals surface area contributed by atoms with Crippen LogP contribution in [0.2, 0.25) is 0 Å². The molecular formula is C13H21NO2. The zero-order valence-corrected chi connectivity index (χ0v) is 10.0. The van der Waals surface area contributed by atoms with Crippen LogP contribution in [0.3, 0.4) is 0 Å². The van der Waals surface area contributed by atoms with Crippen molar-refractivity contribution in [2.75, 3.05) is 6.54 Å². The second-order valence-electron chi connectivity index (χ2n) is 3.77. The number of amides is 1. The highest BCUT2D eigenvalue weighted by atomic mass is 16.4. The quantitative estimate of drug-likeness (QED) is 0.650. The molecule has 0 fully saturated rings. The smallest absolute Gasteiger partial charge is 0.404 e. The summed E-state index contributed by atoms with van der Waals surface area (Å²) in [6, 6.07) is 0. The molecule has 0 aromatic carbocycles. The van der Waals surface area contributed by atoms with E-state index in [0.29, 0.717) is 12.5 Å². The molecule has 0 aromatic rings. The van der Waals surface area contributed by atoms with Gasteiger partial charge in [0.05, 0.1) is 0 Å². The average molecular weight is 223 g/mol. The number of allylic oxidation sites excluding steroid dienone is 5. The summed E-state index contributed by atoms with van der Waals surface area (Å²) in [7, 11) is 0. The predicted octanol–water partition coefficient (Wildman–Crippen LogP) is 3.36. The maximum Gasteiger partial charge on any atom is 0.404 e. The van der Waals surface area contributed by atoms with Gasteiger partial charge in [-0.15, -0.1) is 0 Å². The maximum absolute atomic E-state index is 10.1. The van der Waals surface area contributed by atoms with Crippen LogP contribution in [-0.4, -0.2) is 17.7 Å². The number of carbonyl (C=O) groups is 1. The van der Waals surface area contributed by atoms with Crippen LogP contribution >= 0.6 is 0 Å². The molecule has 0 saturated carbocycles. The average Bonchev–Trinajstić information content (AvgIpc) is 2.20. The zero-order chi connectivity index (χ0) is 12.2. The van der Waals surface area contributed by atoms with Crippen molar-refractivity contribution in [3.8, 4) is 0 Å². The highest BCUT2D eigenvalue weighted by molar-refractivity contribution is 5.64. The van der Waals surface area contributed by atoms with E-state index < -0.39 is 6.09 Å². The van der Waals surface area contributed by atoms with Crippen LogP contribution in [0, 0.1) is 5.92 Å². The monoisotopic (exact) mass is 223 g/mol. The van der Waals surface area contributed by atoms with Gasteiger partial charge in [0, 0.05) is 6.54 Å². The third-order valence-corrected chi connectivity index (χ3v) is 1.77. The molecule has 1 amide bonds. The summed E-state index contributed by atoms with van der Waals surface area (Å²) >= 11 is 0. The van der Waals surface area contributed by atoms with Gasteiger partial charge in [-0.05, 0) is 18.8 Å². The Morgan fingerprint density at radius 2 is 1.69 bits per heavy atom. The molecular weight excluding hydrogens is 202 g/mol. The fourth-order valence-electron chi connectivity index (χ4n) is 1.03. The van der Waals surface area contributed by atoms with Crippen molar-refractivity contribution >= 4 is 6.09 Å². The van der Waals surface area contributed by atoms with Gasteiger partial charge in [0.1, 0.15) is 0 Å². The Hall–Kier alpha value is -1.51. The van der Waals surface area contributed by atoms with Crippen LogP contribution in [0.15, 0.2) is 36.5 Å². The summed E-state index contributed by atoms with van der Waals surface area (Å²) in [4.78, 5) is 10.1. The Kier molecular flexibility index (Phi) is 9.08. The van der Waals surface area contributed by atoms with Crippen molar-refractivity contribution in [1.82, 2.24) is 5.32 Å². The normalized spacial score (nSPS) is 12.2. The highest BCUT2D eigenvalue weighted by Gasteiger charge is 1.86. The predicted molar refractivity (Wildman–Crippen MR) is 67.5 cm³/mol. The molecule has 2 N–H and O–H groups in total. The van der Waals surface area contributed by atoms with E-state index in [4.69, 9.17) is 5.11 Å². The van der Waals surface area contributed by atoms with Gasteiger partial charge in [-0.1, -0.05) is 50.3 Å². The van der Waals surface area contributed by atoms with E-state index in [1.807, 2.05) is 12.2 Å². The van der Waals surface area contributed by atoms with Gasteiger partial charge in [-0.25, -0.2) is 4.79 Å². The first kappa shape index (κ1) is 14.5. The van der Waals surface area contributed by atoms with Gasteiger partial charge >= 0.3 is 6.09 Å². The molecule has 3 heteroatoms. The first-order valence-electron chi connectivity index (χ1n) is 5.56. The first-order chi connectivity index (χ1) is 7.63. The minimum Gasteiger partial charge on any atom is -0.465 e. The van der Waals surface area contributed by atoms with Crippen LogP contribution in [0.25, 0.3) is 0 Å². The van der Waals surface area contributed by atoms with Crippen molar-refractivity contribution in [1.29, 1.82) is 0 Å². The van der Waals surface area contributed by atoms with E-state index in [2.05, 4.69) is 43.5 Å². The van der Waals surface area contributed by atoms with E-state index in [1.54, 1.807) is 0 Å². The zero-order valence-electron chi connectivity index (χ0n) is 10.0. The van der Waals surface area contributed by atoms with E-state index >= 15 is 0 Å². The lowest BCUT2D eigenvalue weighted by atomic mass is 10.2. The first-order valence-corrected chi connectivity index (χ1v) is 5.56. The second kappa shape index (κ2) is 10.0. The Bertz CT molecular complexity index is 265. The molecule has 0 heterocycles. The number of rotatable bonds is 7. The van der Waals surface area contributed by atoms with Gasteiger partial charge in [0.2, 0.25) is 0 Å². The number of nitrogens with one attached hydrogen (secondary N) is 1. The molecule has 3 nitrogen and oxygen atoms in total. The maximum atomic E-state index is 10.1. The van der Waals surface area contributed by atoms with Crippen molar-refractivity contribution < 1.29 is 9.90 Å². The molecule has 90 valence electrons. The van der Waals surface area contributed by atoms with Crippen LogP contribution < -0.4 is 5.32 Å². The lowest BCUT2D eigenvalue weighted by Gasteiger charge is -1.92. The number of carboxylic acid groups (broad SMARTS) is 1. The lowest BCUT2D eigenvalue weighted by molar-refractivity contribution is 0.195. The summed E-state index contributed by atoms with van der Waals surface area (Å²) < 4.78 is 0. The molecule has 0 atom stereocenters. The Morgan fingerprint density at radius 3 is 2.25 bits per heavy atom. The van der Waals surface area contributed by atoms with Gasteiger partial charge in [-0.2, -0.15) is 0 Å². The molecule has 0 bridgehead atoms. The topological polar surface area (TPSA) is 49.3 Å². The summed E-state index contributed by atoms with van der Waals surface area (Å²) in [6.07, 6.45) is 13.1. The molecule has 0 rings (SSSR count). The van der Waals surface area contributed by atoms with Crippen LogP contribution in [0.1, 0.15) is 26.7 Å². The minimum absolute atomic E-state index is 0.371. The fourth-order valence-corrected chi connectivity index (χ4v) is 1.03. The Morgan fingerprint density at radius 1 is 1.12 bits per heavy atom. The van der Waals surface area contributed by atoms with Crippen molar-refractivity contribution in [3.05, 3.63) is 36.5 Å². The van der Waals surface area contributed by atoms with E-state index in [1.165, 1.54) is 0 Å². The number of hydrogen-bond donors (Lipinski definition) is 2. The number of hydrogen-bond acceptors (Lipinski definition) is 1. The molecule has 0 spiro atoms. The van der Waals surface area contributed by atoms with Gasteiger partial charge in [0.25, 0.3) is 0 Å². The van der Waals surface area contributed by atoms with Gasteiger partial charge < -0.3 is 10.4 Å². The largest absolute Gasteiger partial charge is 0.465 e. The molecule has 0 radical (unpaired) electrons. The fraction of sp³-hybridized carbons (Fsp3) is 0.462. The van der Waals surface area contributed by atoms with Crippen LogP contribution in [0.4, 0.5) is 4.79 Å². The SMILES string of the molecule is CC(C)/C=C\C/C=C\C/C=C\CNC(=O)O. The highest BCUT2D eigenvalue weighted by Crippen LogP contribution is 1.96. The Balaban J connectivity index is 3.43. The molecule has 0 aliphatic carbocycles. The van der Waals surface area contributed by atoms with Crippen molar-refractivity contribution in [2.45, 2.75) is 26.7 Å². The summed E-state index contributed by atoms with van der Waals surface area (Å²) in [5.74, 6) is 0.607. The second-order valence-corrected chi connectivity index (χ2v) is 3.77. The van der Waals surface area contributed by atoms with E-state index in [0.717, 1.165) is 12.8 Å². The summed E-state index contributed by atoms with van der Waals surface area (Å²) in [5.41, 5.74) is 0. The van der Waals surface area contributed by atoms with E-state index in [9.17, 15) is 4.79 Å². The standard InChI is InChI=1S/C13H21NO2/c1-12(2)10-8-6-4-3-5-7-9-11-14-13(15)16/h3-4,7-10,12,14H,5-6,11H2,1-2H3,(H,15,16)/b4-3-,9-7-,10-8-. The molecule has 16 heavy (non-hydrogen) atoms. The third-order valence-electron chi connectivity index (χ3n) is 1.77. The van der Waals surface area contributed by atoms with Gasteiger partial charge in [0.15, 0.2) is 0 Å². The molecule has 0 aliphatic rings. The third kappa shape index (κ3) is 12.5. The molecule has 0 unspecified atom stereocenters. The molecule has 0 saturated heterocycles. The minimum atomic E-state index is -0.987. The van der Waals surface area contributed by atoms with Crippen molar-refractivity contribution in [3.63, 3.8) is 0 Å². The summed E-state index contributed by atoms with van der Waals surface area (Å²) in [5, 5.41) is 10.6. The summed E-state index contributed by atoms with van der Waals surface area (Å²) in [6.45, 7) is 4.67. The van der Waals surface area contributed by atoms with Gasteiger partial charge in [-0.3, -0.25) is 0 Å².